The van der Waals surface area contributed by atoms with Crippen molar-refractivity contribution in [3.05, 3.63) is 0 Å². The van der Waals surface area contributed by atoms with Crippen LogP contribution in [-0.2, 0) is 4.79 Å². The Labute approximate surface area is 96.9 Å². The molecule has 1 aliphatic rings. The minimum atomic E-state index is -0.172. The SMILES string of the molecule is CC(=O)[C@@]1(C)C[C@@H]1CO.[Ac]. The molecule has 0 spiro atoms. The van der Waals surface area contributed by atoms with Gasteiger partial charge in [-0.25, -0.2) is 0 Å². The van der Waals surface area contributed by atoms with E-state index in [0.29, 0.717) is 0 Å². The van der Waals surface area contributed by atoms with Crippen molar-refractivity contribution in [2.45, 2.75) is 20.3 Å². The number of aliphatic hydroxyl groups is 1. The number of Topliss-reactive ketones (excluding diaryl/α,β-unsaturated/α-hetero) is 1. The van der Waals surface area contributed by atoms with E-state index in [-0.39, 0.29) is 67.8 Å². The first-order valence-electron chi connectivity index (χ1n) is 3.23. The first-order valence-corrected chi connectivity index (χ1v) is 3.23. The third kappa shape index (κ3) is 1.81. The Hall–Kier alpha value is 1.07. The summed E-state index contributed by atoms with van der Waals surface area (Å²) in [5.41, 5.74) is -0.172. The van der Waals surface area contributed by atoms with Crippen LogP contribution >= 0.6 is 0 Å². The molecular formula is C7H12AcO2. The topological polar surface area (TPSA) is 37.3 Å². The summed E-state index contributed by atoms with van der Waals surface area (Å²) in [7, 11) is 0. The standard InChI is InChI=1S/C7H12O2.Ac/c1-5(9)7(2)3-6(7)4-8;/h6,8H,3-4H2,1-2H3;/t6-,7-;/m1./s1. The Bertz CT molecular complexity index is 147. The Morgan fingerprint density at radius 1 is 1.80 bits per heavy atom. The van der Waals surface area contributed by atoms with Crippen LogP contribution in [0.4, 0.5) is 0 Å². The molecule has 1 rings (SSSR count). The zero-order chi connectivity index (χ0) is 7.07. The van der Waals surface area contributed by atoms with E-state index in [4.69, 9.17) is 5.11 Å². The second kappa shape index (κ2) is 3.65. The average molecular weight is 355 g/mol. The summed E-state index contributed by atoms with van der Waals surface area (Å²) in [6.45, 7) is 3.67. The van der Waals surface area contributed by atoms with E-state index >= 15 is 0 Å². The van der Waals surface area contributed by atoms with E-state index < -0.39 is 0 Å². The normalized spacial score (nSPS) is 36.5. The predicted octanol–water partition coefficient (Wildman–Crippen LogP) is 0.594. The molecular weight excluding hydrogens is 343 g/mol. The van der Waals surface area contributed by atoms with Gasteiger partial charge in [0.25, 0.3) is 0 Å². The van der Waals surface area contributed by atoms with Crippen LogP contribution in [0.2, 0.25) is 0 Å². The number of hydrogen-bond acceptors (Lipinski definition) is 2. The third-order valence-corrected chi connectivity index (χ3v) is 2.44. The molecule has 55 valence electrons. The Kier molecular flexibility index (Phi) is 4.04. The fourth-order valence-corrected chi connectivity index (χ4v) is 1.15. The first-order chi connectivity index (χ1) is 4.11. The molecule has 0 bridgehead atoms. The smallest absolute Gasteiger partial charge is 0.136 e. The van der Waals surface area contributed by atoms with Gasteiger partial charge in [0.2, 0.25) is 0 Å². The summed E-state index contributed by atoms with van der Waals surface area (Å²) in [6.07, 6.45) is 0.874. The molecule has 1 radical (unpaired) electrons. The first kappa shape index (κ1) is 11.1. The van der Waals surface area contributed by atoms with Gasteiger partial charge >= 0.3 is 0 Å². The quantitative estimate of drug-likeness (QED) is 0.788. The summed E-state index contributed by atoms with van der Waals surface area (Å²) >= 11 is 0. The number of ketones is 1. The molecule has 3 heteroatoms. The fourth-order valence-electron chi connectivity index (χ4n) is 1.15. The molecule has 0 aliphatic heterocycles. The minimum Gasteiger partial charge on any atom is -0.396 e. The Morgan fingerprint density at radius 2 is 2.30 bits per heavy atom. The summed E-state index contributed by atoms with van der Waals surface area (Å²) in [5, 5.41) is 8.64. The Morgan fingerprint density at radius 3 is 2.40 bits per heavy atom. The predicted molar refractivity (Wildman–Crippen MR) is 34.0 cm³/mol. The number of hydrogen-bond donors (Lipinski definition) is 1. The Balaban J connectivity index is 0.000000810. The van der Waals surface area contributed by atoms with Crippen LogP contribution in [0.5, 0.6) is 0 Å². The maximum Gasteiger partial charge on any atom is 0.136 e. The molecule has 0 saturated heterocycles. The number of carbonyl (C=O) groups is 1. The average Bonchev–Trinajstić information content (AvgIpc) is 2.44. The van der Waals surface area contributed by atoms with Crippen LogP contribution in [-0.4, -0.2) is 17.5 Å². The second-order valence-corrected chi connectivity index (χ2v) is 3.06. The maximum absolute atomic E-state index is 10.8. The van der Waals surface area contributed by atoms with Crippen molar-refractivity contribution in [2.24, 2.45) is 11.3 Å². The van der Waals surface area contributed by atoms with E-state index in [0.717, 1.165) is 6.42 Å². The minimum absolute atomic E-state index is 0. The molecule has 2 nitrogen and oxygen atoms in total. The third-order valence-electron chi connectivity index (χ3n) is 2.44. The number of aliphatic hydroxyl groups excluding tert-OH is 1. The van der Waals surface area contributed by atoms with Gasteiger partial charge in [0.1, 0.15) is 5.78 Å². The van der Waals surface area contributed by atoms with Crippen molar-refractivity contribution in [3.8, 4) is 0 Å². The van der Waals surface area contributed by atoms with Crippen molar-refractivity contribution >= 4 is 5.78 Å². The molecule has 1 fully saturated rings. The van der Waals surface area contributed by atoms with Gasteiger partial charge in [0, 0.05) is 56.1 Å². The second-order valence-electron chi connectivity index (χ2n) is 3.06. The molecule has 0 amide bonds. The molecule has 0 unspecified atom stereocenters. The fraction of sp³-hybridized carbons (Fsp3) is 0.857. The van der Waals surface area contributed by atoms with Crippen LogP contribution in [0.25, 0.3) is 0 Å². The maximum atomic E-state index is 10.8. The van der Waals surface area contributed by atoms with Gasteiger partial charge in [0.15, 0.2) is 0 Å². The molecule has 1 saturated carbocycles. The molecule has 2 atom stereocenters. The van der Waals surface area contributed by atoms with Crippen molar-refractivity contribution in [1.82, 2.24) is 0 Å². The molecule has 0 aromatic heterocycles. The van der Waals surface area contributed by atoms with E-state index in [1.54, 1.807) is 6.92 Å². The van der Waals surface area contributed by atoms with E-state index in [1.807, 2.05) is 6.92 Å². The van der Waals surface area contributed by atoms with Crippen LogP contribution in [0, 0.1) is 55.4 Å². The van der Waals surface area contributed by atoms with Crippen LogP contribution in [0.3, 0.4) is 0 Å². The monoisotopic (exact) mass is 355 g/mol. The molecule has 0 aromatic rings. The summed E-state index contributed by atoms with van der Waals surface area (Å²) in [5.74, 6) is 0.455. The molecule has 0 aromatic carbocycles. The van der Waals surface area contributed by atoms with Crippen LogP contribution < -0.4 is 0 Å². The van der Waals surface area contributed by atoms with Crippen molar-refractivity contribution in [3.63, 3.8) is 0 Å². The van der Waals surface area contributed by atoms with Crippen LogP contribution in [0.15, 0.2) is 0 Å². The van der Waals surface area contributed by atoms with Crippen molar-refractivity contribution in [1.29, 1.82) is 0 Å². The molecule has 1 aliphatic carbocycles. The summed E-state index contributed by atoms with van der Waals surface area (Å²) < 4.78 is 0. The van der Waals surface area contributed by atoms with Gasteiger partial charge < -0.3 is 5.11 Å². The van der Waals surface area contributed by atoms with E-state index in [2.05, 4.69) is 0 Å². The summed E-state index contributed by atoms with van der Waals surface area (Å²) in [4.78, 5) is 10.8. The van der Waals surface area contributed by atoms with E-state index in [1.165, 1.54) is 0 Å². The van der Waals surface area contributed by atoms with Gasteiger partial charge in [-0.05, 0) is 19.3 Å². The van der Waals surface area contributed by atoms with Crippen molar-refractivity contribution in [2.75, 3.05) is 6.61 Å². The molecule has 1 N–H and O–H groups in total. The number of rotatable bonds is 2. The van der Waals surface area contributed by atoms with Gasteiger partial charge in [-0.1, -0.05) is 6.92 Å². The van der Waals surface area contributed by atoms with Crippen LogP contribution in [0.1, 0.15) is 20.3 Å². The number of carbonyl (C=O) groups excluding carboxylic acids is 1. The van der Waals surface area contributed by atoms with Gasteiger partial charge in [-0.2, -0.15) is 0 Å². The zero-order valence-corrected chi connectivity index (χ0v) is 11.2. The van der Waals surface area contributed by atoms with E-state index in [9.17, 15) is 4.79 Å². The van der Waals surface area contributed by atoms with Crippen molar-refractivity contribution < 1.29 is 54.0 Å². The largest absolute Gasteiger partial charge is 0.396 e. The van der Waals surface area contributed by atoms with Gasteiger partial charge in [0.05, 0.1) is 0 Å². The van der Waals surface area contributed by atoms with Gasteiger partial charge in [-0.15, -0.1) is 0 Å². The zero-order valence-electron chi connectivity index (χ0n) is 6.42. The molecule has 0 heterocycles. The molecule has 10 heavy (non-hydrogen) atoms. The summed E-state index contributed by atoms with van der Waals surface area (Å²) in [6, 6.07) is 0. The van der Waals surface area contributed by atoms with Gasteiger partial charge in [-0.3, -0.25) is 4.79 Å².